The van der Waals surface area contributed by atoms with Crippen LogP contribution in [0.3, 0.4) is 0 Å². The molecule has 4 atom stereocenters. The van der Waals surface area contributed by atoms with Crippen LogP contribution >= 0.6 is 0 Å². The molecule has 11 heteroatoms. The van der Waals surface area contributed by atoms with Gasteiger partial charge in [-0.2, -0.15) is 0 Å². The van der Waals surface area contributed by atoms with Crippen LogP contribution in [0.1, 0.15) is 33.1 Å². The number of aliphatic hydroxyl groups is 1. The molecule has 0 aromatic rings. The fourth-order valence-electron chi connectivity index (χ4n) is 1.74. The number of carboxylic acid groups (broad SMARTS) is 1. The lowest BCUT2D eigenvalue weighted by molar-refractivity contribution is -0.205. The zero-order valence-corrected chi connectivity index (χ0v) is 12.9. The van der Waals surface area contributed by atoms with E-state index < -0.39 is 88.5 Å². The third kappa shape index (κ3) is 8.11. The predicted octanol–water partition coefficient (Wildman–Crippen LogP) is -1.21. The summed E-state index contributed by atoms with van der Waals surface area (Å²) in [6.07, 6.45) is -8.55. The summed E-state index contributed by atoms with van der Waals surface area (Å²) in [6.45, 7) is -5.06. The van der Waals surface area contributed by atoms with Gasteiger partial charge in [0.25, 0.3) is 0 Å². The van der Waals surface area contributed by atoms with E-state index in [2.05, 4.69) is 4.74 Å². The minimum absolute atomic E-state index is 0.928. The van der Waals surface area contributed by atoms with Crippen LogP contribution in [0.4, 0.5) is 0 Å². The number of carboxylic acids is 1. The van der Waals surface area contributed by atoms with Crippen LogP contribution in [0, 0.1) is 0 Å². The monoisotopic (exact) mass is 368 g/mol. The lowest BCUT2D eigenvalue weighted by atomic mass is 10.0. The molecule has 0 spiro atoms. The van der Waals surface area contributed by atoms with E-state index in [0.717, 1.165) is 0 Å². The third-order valence-corrected chi connectivity index (χ3v) is 2.49. The van der Waals surface area contributed by atoms with Crippen molar-refractivity contribution in [3.63, 3.8) is 0 Å². The van der Waals surface area contributed by atoms with E-state index in [-0.39, 0.29) is 0 Å². The highest BCUT2D eigenvalue weighted by Crippen LogP contribution is 2.19. The molecule has 2 N–H and O–H groups in total. The second kappa shape index (κ2) is 10.2. The predicted molar refractivity (Wildman–Crippen MR) is 76.9 cm³/mol. The number of hydrogen-bond donors (Lipinski definition) is 2. The van der Waals surface area contributed by atoms with Gasteiger partial charge in [0.05, 0.1) is 6.61 Å². The van der Waals surface area contributed by atoms with Gasteiger partial charge in [-0.15, -0.1) is 0 Å². The molecule has 0 aliphatic rings. The minimum Gasteiger partial charge on any atom is -0.478 e. The summed E-state index contributed by atoms with van der Waals surface area (Å²) in [5.41, 5.74) is 0. The van der Waals surface area contributed by atoms with Gasteiger partial charge in [0.2, 0.25) is 6.10 Å². The zero-order chi connectivity index (χ0) is 22.6. The largest absolute Gasteiger partial charge is 0.478 e. The van der Waals surface area contributed by atoms with E-state index in [1.807, 2.05) is 0 Å². The average molecular weight is 368 g/mol. The van der Waals surface area contributed by atoms with Crippen LogP contribution < -0.4 is 0 Å². The molecule has 0 unspecified atom stereocenters. The van der Waals surface area contributed by atoms with Crippen molar-refractivity contribution in [2.75, 3.05) is 6.61 Å². The Balaban J connectivity index is 6.22. The van der Waals surface area contributed by atoms with Crippen molar-refractivity contribution >= 4 is 29.8 Å². The molecule has 11 nitrogen and oxygen atoms in total. The van der Waals surface area contributed by atoms with Gasteiger partial charge in [0.15, 0.2) is 18.3 Å². The van der Waals surface area contributed by atoms with E-state index >= 15 is 0 Å². The van der Waals surface area contributed by atoms with Gasteiger partial charge in [-0.3, -0.25) is 19.2 Å². The van der Waals surface area contributed by atoms with Crippen LogP contribution in [0.2, 0.25) is 0 Å². The van der Waals surface area contributed by atoms with Gasteiger partial charge in [0, 0.05) is 33.1 Å². The number of hydrogen-bond acceptors (Lipinski definition) is 10. The van der Waals surface area contributed by atoms with Crippen LogP contribution in [-0.2, 0) is 42.9 Å². The van der Waals surface area contributed by atoms with Crippen LogP contribution in [-0.4, -0.2) is 71.1 Å². The smallest absolute Gasteiger partial charge is 0.349 e. The first-order valence-electron chi connectivity index (χ1n) is 9.26. The third-order valence-electron chi connectivity index (χ3n) is 2.49. The Morgan fingerprint density at radius 3 is 1.68 bits per heavy atom. The second-order valence-corrected chi connectivity index (χ2v) is 4.37. The van der Waals surface area contributed by atoms with Gasteiger partial charge < -0.3 is 29.2 Å². The molecule has 0 saturated carbocycles. The Bertz CT molecular complexity index is 600. The Hall–Kier alpha value is -2.69. The fraction of sp³-hybridized carbons (Fsp3) is 0.643. The van der Waals surface area contributed by atoms with Gasteiger partial charge >= 0.3 is 29.8 Å². The quantitative estimate of drug-likeness (QED) is 0.371. The first-order valence-corrected chi connectivity index (χ1v) is 6.43. The molecule has 0 heterocycles. The molecule has 25 heavy (non-hydrogen) atoms. The summed E-state index contributed by atoms with van der Waals surface area (Å²) in [4.78, 5) is 57.6. The number of rotatable bonds is 9. The molecule has 0 aromatic heterocycles. The second-order valence-electron chi connectivity index (χ2n) is 4.37. The van der Waals surface area contributed by atoms with Crippen LogP contribution in [0.5, 0.6) is 0 Å². The number of carbonyl (C=O) groups is 5. The van der Waals surface area contributed by atoms with Crippen molar-refractivity contribution in [2.45, 2.75) is 52.0 Å². The first kappa shape index (κ1) is 15.8. The molecule has 142 valence electrons. The van der Waals surface area contributed by atoms with Crippen molar-refractivity contribution in [3.8, 4) is 0 Å². The Kier molecular flexibility index (Phi) is 6.47. The minimum atomic E-state index is -2.38. The zero-order valence-electron chi connectivity index (χ0n) is 16.9. The summed E-state index contributed by atoms with van der Waals surface area (Å²) in [5.74, 6) is -7.16. The number of esters is 4. The molecule has 0 saturated heterocycles. The summed E-state index contributed by atoms with van der Waals surface area (Å²) in [7, 11) is 0. The summed E-state index contributed by atoms with van der Waals surface area (Å²) >= 11 is 0. The highest BCUT2D eigenvalue weighted by Gasteiger charge is 2.46. The Morgan fingerprint density at radius 2 is 1.24 bits per heavy atom. The summed E-state index contributed by atoms with van der Waals surface area (Å²) in [6, 6.07) is 0. The lowest BCUT2D eigenvalue weighted by Gasteiger charge is -2.33. The topological polar surface area (TPSA) is 163 Å². The molecule has 0 radical (unpaired) electrons. The lowest BCUT2D eigenvalue weighted by Crippen LogP contribution is -2.54. The van der Waals surface area contributed by atoms with E-state index in [1.54, 1.807) is 0 Å². The van der Waals surface area contributed by atoms with Crippen LogP contribution in [0.15, 0.2) is 0 Å². The number of aliphatic hydroxyl groups excluding tert-OH is 1. The fourth-order valence-corrected chi connectivity index (χ4v) is 1.74. The molecule has 0 aliphatic carbocycles. The molecular weight excluding hydrogens is 344 g/mol. The van der Waals surface area contributed by atoms with E-state index in [0.29, 0.717) is 0 Å². The van der Waals surface area contributed by atoms with Crippen LogP contribution in [0.25, 0.3) is 0 Å². The SMILES string of the molecule is [2H]CC(=O)O[C@@H]([C@H](OC(=O)C[2H])[C@@H](OC(=O)C[2H])C(=O)O)[C@@H](CO)OC(=O)C[2H]. The van der Waals surface area contributed by atoms with Crippen molar-refractivity contribution in [1.82, 2.24) is 0 Å². The number of aliphatic carboxylic acids is 1. The molecule has 0 bridgehead atoms. The molecular formula is C14H20O11. The molecule has 0 fully saturated rings. The van der Waals surface area contributed by atoms with E-state index in [4.69, 9.17) is 19.7 Å². The molecule has 0 aromatic carbocycles. The Morgan fingerprint density at radius 1 is 0.800 bits per heavy atom. The van der Waals surface area contributed by atoms with Gasteiger partial charge in [-0.25, -0.2) is 4.79 Å². The highest BCUT2D eigenvalue weighted by molar-refractivity contribution is 5.78. The van der Waals surface area contributed by atoms with Gasteiger partial charge in [0.1, 0.15) is 0 Å². The number of carbonyl (C=O) groups excluding carboxylic acids is 4. The maximum absolute atomic E-state index is 11.6. The van der Waals surface area contributed by atoms with Crippen molar-refractivity contribution < 1.29 is 58.6 Å². The standard InChI is InChI=1S/C14H20O11/c1-6(16)22-10(5-15)11(23-7(2)17)12(24-8(3)18)13(14(20)21)25-9(4)19/h10-13,15H,5H2,1-4H3,(H,20,21)/t10-,11-,12+,13-/m1/s1/i1D,2D,3D,4D. The van der Waals surface area contributed by atoms with E-state index in [1.165, 1.54) is 0 Å². The van der Waals surface area contributed by atoms with Gasteiger partial charge in [-0.05, 0) is 0 Å². The van der Waals surface area contributed by atoms with Gasteiger partial charge in [-0.1, -0.05) is 0 Å². The molecule has 0 aliphatic heterocycles. The first-order chi connectivity index (χ1) is 13.6. The normalized spacial score (nSPS) is 17.2. The van der Waals surface area contributed by atoms with Crippen molar-refractivity contribution in [1.29, 1.82) is 0 Å². The average Bonchev–Trinajstić information content (AvgIpc) is 2.71. The van der Waals surface area contributed by atoms with Crippen molar-refractivity contribution in [3.05, 3.63) is 0 Å². The summed E-state index contributed by atoms with van der Waals surface area (Å²) in [5, 5.41) is 18.8. The molecule has 0 amide bonds. The summed E-state index contributed by atoms with van der Waals surface area (Å²) < 4.78 is 46.6. The Labute approximate surface area is 148 Å². The molecule has 0 rings (SSSR count). The van der Waals surface area contributed by atoms with E-state index in [9.17, 15) is 34.2 Å². The highest BCUT2D eigenvalue weighted by atomic mass is 16.6. The maximum atomic E-state index is 11.6. The maximum Gasteiger partial charge on any atom is 0.349 e. The number of ether oxygens (including phenoxy) is 4. The van der Waals surface area contributed by atoms with Crippen molar-refractivity contribution in [2.24, 2.45) is 0 Å².